The minimum atomic E-state index is -1.50. The molecule has 0 rings (SSSR count). The molecular formula is C4H15NO2P+. The van der Waals surface area contributed by atoms with Gasteiger partial charge in [-0.2, -0.15) is 0 Å². The molecule has 0 aromatic rings. The van der Waals surface area contributed by atoms with Crippen LogP contribution in [0.3, 0.4) is 0 Å². The second kappa shape index (κ2) is 5.29. The molecule has 0 fully saturated rings. The van der Waals surface area contributed by atoms with Crippen molar-refractivity contribution in [3.8, 4) is 0 Å². The lowest BCUT2D eigenvalue weighted by atomic mass is 10.8. The summed E-state index contributed by atoms with van der Waals surface area (Å²) in [7, 11) is 7.00. The SMILES string of the molecule is C[N+](C)(C)C.O=[PH2]O. The molecule has 1 N–H and O–H groups in total. The van der Waals surface area contributed by atoms with E-state index >= 15 is 0 Å². The zero-order chi connectivity index (χ0) is 7.21. The van der Waals surface area contributed by atoms with Gasteiger partial charge < -0.3 is 9.38 Å². The van der Waals surface area contributed by atoms with Crippen molar-refractivity contribution in [2.75, 3.05) is 28.2 Å². The second-order valence-electron chi connectivity index (χ2n) is 2.79. The van der Waals surface area contributed by atoms with E-state index in [1.807, 2.05) is 0 Å². The van der Waals surface area contributed by atoms with Gasteiger partial charge in [0.2, 0.25) is 0 Å². The summed E-state index contributed by atoms with van der Waals surface area (Å²) in [6, 6.07) is 0. The Balaban J connectivity index is 0. The third-order valence-corrected chi connectivity index (χ3v) is 0. The van der Waals surface area contributed by atoms with Gasteiger partial charge in [0.25, 0.3) is 0 Å². The molecule has 0 amide bonds. The number of hydrogen-bond donors (Lipinski definition) is 1. The van der Waals surface area contributed by atoms with Crippen molar-refractivity contribution in [1.29, 1.82) is 0 Å². The minimum Gasteiger partial charge on any atom is -0.348 e. The Bertz CT molecular complexity index is 53.5. The predicted molar refractivity (Wildman–Crippen MR) is 36.6 cm³/mol. The molecule has 0 heterocycles. The molecule has 0 aromatic carbocycles. The molecule has 0 saturated carbocycles. The quantitative estimate of drug-likeness (QED) is 0.379. The van der Waals surface area contributed by atoms with Crippen LogP contribution in [0.2, 0.25) is 0 Å². The monoisotopic (exact) mass is 140 g/mol. The van der Waals surface area contributed by atoms with Crippen LogP contribution in [0.1, 0.15) is 0 Å². The highest BCUT2D eigenvalue weighted by Crippen LogP contribution is 1.73. The third-order valence-electron chi connectivity index (χ3n) is 0. The lowest BCUT2D eigenvalue weighted by Crippen LogP contribution is -2.27. The molecular weight excluding hydrogens is 125 g/mol. The maximum Gasteiger partial charge on any atom is 0.177 e. The Morgan fingerprint density at radius 3 is 1.25 bits per heavy atom. The van der Waals surface area contributed by atoms with Gasteiger partial charge in [-0.05, 0) is 0 Å². The molecule has 52 valence electrons. The molecule has 0 bridgehead atoms. The van der Waals surface area contributed by atoms with E-state index in [4.69, 9.17) is 9.46 Å². The van der Waals surface area contributed by atoms with Crippen molar-refractivity contribution in [3.63, 3.8) is 0 Å². The van der Waals surface area contributed by atoms with E-state index in [9.17, 15) is 0 Å². The molecule has 1 atom stereocenters. The van der Waals surface area contributed by atoms with Crippen molar-refractivity contribution in [1.82, 2.24) is 0 Å². The van der Waals surface area contributed by atoms with Crippen LogP contribution in [0.5, 0.6) is 0 Å². The Morgan fingerprint density at radius 1 is 1.25 bits per heavy atom. The van der Waals surface area contributed by atoms with Crippen molar-refractivity contribution in [3.05, 3.63) is 0 Å². The number of rotatable bonds is 0. The fourth-order valence-corrected chi connectivity index (χ4v) is 0. The van der Waals surface area contributed by atoms with Gasteiger partial charge in [-0.25, -0.2) is 0 Å². The Kier molecular flexibility index (Phi) is 7.28. The fourth-order valence-electron chi connectivity index (χ4n) is 0. The Morgan fingerprint density at radius 2 is 1.25 bits per heavy atom. The van der Waals surface area contributed by atoms with E-state index in [-0.39, 0.29) is 0 Å². The average Bonchev–Trinajstić information content (AvgIpc) is 1.27. The van der Waals surface area contributed by atoms with Crippen molar-refractivity contribution >= 4 is 8.69 Å². The van der Waals surface area contributed by atoms with Crippen LogP contribution in [-0.2, 0) is 4.57 Å². The van der Waals surface area contributed by atoms with E-state index in [0.717, 1.165) is 4.48 Å². The van der Waals surface area contributed by atoms with Gasteiger partial charge in [0.15, 0.2) is 8.69 Å². The summed E-state index contributed by atoms with van der Waals surface area (Å²) in [4.78, 5) is 7.10. The summed E-state index contributed by atoms with van der Waals surface area (Å²) in [6.07, 6.45) is 0. The normalized spacial score (nSPS) is 11.1. The summed E-state index contributed by atoms with van der Waals surface area (Å²) in [5, 5.41) is 0. The van der Waals surface area contributed by atoms with Crippen LogP contribution in [0.25, 0.3) is 0 Å². The zero-order valence-electron chi connectivity index (χ0n) is 5.88. The molecule has 4 heteroatoms. The van der Waals surface area contributed by atoms with Crippen LogP contribution in [0.15, 0.2) is 0 Å². The van der Waals surface area contributed by atoms with Gasteiger partial charge in [-0.15, -0.1) is 0 Å². The maximum atomic E-state index is 8.57. The van der Waals surface area contributed by atoms with Crippen LogP contribution in [0.4, 0.5) is 0 Å². The van der Waals surface area contributed by atoms with Crippen molar-refractivity contribution < 1.29 is 13.9 Å². The first kappa shape index (κ1) is 11.0. The van der Waals surface area contributed by atoms with Gasteiger partial charge in [0.05, 0.1) is 28.2 Å². The zero-order valence-corrected chi connectivity index (χ0v) is 7.03. The molecule has 3 nitrogen and oxygen atoms in total. The highest BCUT2D eigenvalue weighted by molar-refractivity contribution is 7.16. The topological polar surface area (TPSA) is 37.3 Å². The van der Waals surface area contributed by atoms with E-state index in [2.05, 4.69) is 28.2 Å². The van der Waals surface area contributed by atoms with E-state index in [1.165, 1.54) is 0 Å². The standard InChI is InChI=1S/C4H12N.H3O2P/c1-5(2,3)4;1-3-2/h1-4H3;3H2,(H,1,2)/q+1;. The van der Waals surface area contributed by atoms with Crippen LogP contribution in [0, 0.1) is 0 Å². The predicted octanol–water partition coefficient (Wildman–Crippen LogP) is -0.0276. The fraction of sp³-hybridized carbons (Fsp3) is 1.00. The van der Waals surface area contributed by atoms with Gasteiger partial charge in [-0.1, -0.05) is 0 Å². The molecule has 0 spiro atoms. The van der Waals surface area contributed by atoms with E-state index in [0.29, 0.717) is 0 Å². The first-order chi connectivity index (χ1) is 3.41. The average molecular weight is 140 g/mol. The molecule has 0 aliphatic rings. The summed E-state index contributed by atoms with van der Waals surface area (Å²) in [5.41, 5.74) is 0. The molecule has 0 aliphatic heterocycles. The first-order valence-electron chi connectivity index (χ1n) is 2.28. The van der Waals surface area contributed by atoms with E-state index in [1.54, 1.807) is 0 Å². The number of hydrogen-bond acceptors (Lipinski definition) is 1. The molecule has 8 heavy (non-hydrogen) atoms. The summed E-state index contributed by atoms with van der Waals surface area (Å²) >= 11 is 0. The second-order valence-corrected chi connectivity index (χ2v) is 3.00. The third kappa shape index (κ3) is 7250. The lowest BCUT2D eigenvalue weighted by Gasteiger charge is -2.14. The van der Waals surface area contributed by atoms with Crippen LogP contribution >= 0.6 is 8.69 Å². The number of nitrogens with zero attached hydrogens (tertiary/aromatic N) is 1. The van der Waals surface area contributed by atoms with Gasteiger partial charge in [0, 0.05) is 0 Å². The van der Waals surface area contributed by atoms with Crippen LogP contribution < -0.4 is 0 Å². The summed E-state index contributed by atoms with van der Waals surface area (Å²) in [5.74, 6) is 0. The molecule has 0 aromatic heterocycles. The van der Waals surface area contributed by atoms with Crippen molar-refractivity contribution in [2.45, 2.75) is 0 Å². The maximum absolute atomic E-state index is 8.57. The summed E-state index contributed by atoms with van der Waals surface area (Å²) in [6.45, 7) is 0. The minimum absolute atomic E-state index is 1.00. The molecule has 0 aliphatic carbocycles. The largest absolute Gasteiger partial charge is 0.348 e. The Hall–Kier alpha value is 0.150. The Labute approximate surface area is 51.8 Å². The van der Waals surface area contributed by atoms with E-state index < -0.39 is 8.69 Å². The van der Waals surface area contributed by atoms with Gasteiger partial charge in [0.1, 0.15) is 0 Å². The van der Waals surface area contributed by atoms with Gasteiger partial charge >= 0.3 is 0 Å². The lowest BCUT2D eigenvalue weighted by molar-refractivity contribution is -0.849. The highest BCUT2D eigenvalue weighted by Gasteiger charge is 1.88. The highest BCUT2D eigenvalue weighted by atomic mass is 31.1. The van der Waals surface area contributed by atoms with Crippen molar-refractivity contribution in [2.24, 2.45) is 0 Å². The number of quaternary nitrogens is 1. The summed E-state index contributed by atoms with van der Waals surface area (Å²) < 4.78 is 9.57. The molecule has 0 radical (unpaired) electrons. The first-order valence-corrected chi connectivity index (χ1v) is 3.27. The van der Waals surface area contributed by atoms with Gasteiger partial charge in [-0.3, -0.25) is 4.57 Å². The smallest absolute Gasteiger partial charge is 0.177 e. The molecule has 1 unspecified atom stereocenters. The molecule has 0 saturated heterocycles. The van der Waals surface area contributed by atoms with Crippen LogP contribution in [-0.4, -0.2) is 37.6 Å².